The lowest BCUT2D eigenvalue weighted by Crippen LogP contribution is -2.60. The van der Waals surface area contributed by atoms with Crippen molar-refractivity contribution in [2.45, 2.75) is 32.4 Å². The Bertz CT molecular complexity index is 300. The third-order valence-corrected chi connectivity index (χ3v) is 3.99. The lowest BCUT2D eigenvalue weighted by Gasteiger charge is -2.44. The van der Waals surface area contributed by atoms with Gasteiger partial charge in [0.1, 0.15) is 0 Å². The van der Waals surface area contributed by atoms with E-state index in [2.05, 4.69) is 43.1 Å². The highest BCUT2D eigenvalue weighted by molar-refractivity contribution is 5.74. The Labute approximate surface area is 129 Å². The molecule has 0 saturated carbocycles. The molecule has 21 heavy (non-hydrogen) atoms. The molecule has 1 aliphatic heterocycles. The van der Waals surface area contributed by atoms with Gasteiger partial charge in [0.2, 0.25) is 0 Å². The van der Waals surface area contributed by atoms with Crippen LogP contribution in [-0.4, -0.2) is 93.4 Å². The number of nitrogens with one attached hydrogen (secondary N) is 1. The summed E-state index contributed by atoms with van der Waals surface area (Å²) in [5, 5.41) is 2.90. The molecule has 6 nitrogen and oxygen atoms in total. The lowest BCUT2D eigenvalue weighted by atomic mass is 10.1. The molecule has 0 radical (unpaired) electrons. The van der Waals surface area contributed by atoms with Crippen LogP contribution in [0.4, 0.5) is 4.79 Å². The summed E-state index contributed by atoms with van der Waals surface area (Å²) in [6.45, 7) is 9.34. The highest BCUT2D eigenvalue weighted by Crippen LogP contribution is 2.16. The van der Waals surface area contributed by atoms with Gasteiger partial charge in [-0.3, -0.25) is 4.90 Å². The summed E-state index contributed by atoms with van der Waals surface area (Å²) in [5.74, 6) is 0. The molecule has 2 atom stereocenters. The number of methoxy groups -OCH3 is 1. The van der Waals surface area contributed by atoms with Gasteiger partial charge in [0.05, 0.1) is 6.61 Å². The van der Waals surface area contributed by atoms with Crippen molar-refractivity contribution in [1.29, 1.82) is 0 Å². The van der Waals surface area contributed by atoms with Crippen LogP contribution in [0, 0.1) is 0 Å². The van der Waals surface area contributed by atoms with Gasteiger partial charge in [-0.15, -0.1) is 0 Å². The van der Waals surface area contributed by atoms with Gasteiger partial charge in [-0.1, -0.05) is 0 Å². The second-order valence-corrected chi connectivity index (χ2v) is 6.22. The molecule has 0 aromatic carbocycles. The fourth-order valence-corrected chi connectivity index (χ4v) is 2.90. The van der Waals surface area contributed by atoms with Crippen LogP contribution in [0.25, 0.3) is 0 Å². The van der Waals surface area contributed by atoms with E-state index in [0.717, 1.165) is 26.2 Å². The Kier molecular flexibility index (Phi) is 8.00. The third kappa shape index (κ3) is 6.20. The molecule has 1 fully saturated rings. The van der Waals surface area contributed by atoms with Crippen LogP contribution in [0.5, 0.6) is 0 Å². The average molecular weight is 300 g/mol. The van der Waals surface area contributed by atoms with E-state index in [1.165, 1.54) is 6.42 Å². The van der Waals surface area contributed by atoms with Gasteiger partial charge in [-0.05, 0) is 40.9 Å². The maximum atomic E-state index is 12.1. The van der Waals surface area contributed by atoms with Crippen LogP contribution < -0.4 is 5.32 Å². The minimum absolute atomic E-state index is 0.0266. The predicted molar refractivity (Wildman–Crippen MR) is 85.6 cm³/mol. The van der Waals surface area contributed by atoms with Gasteiger partial charge in [-0.2, -0.15) is 0 Å². The molecular formula is C15H32N4O2. The van der Waals surface area contributed by atoms with Crippen LogP contribution in [0.2, 0.25) is 0 Å². The Morgan fingerprint density at radius 2 is 1.90 bits per heavy atom. The van der Waals surface area contributed by atoms with Crippen molar-refractivity contribution in [1.82, 2.24) is 20.0 Å². The molecule has 0 spiro atoms. The summed E-state index contributed by atoms with van der Waals surface area (Å²) in [6.07, 6.45) is 1.17. The fraction of sp³-hybridized carbons (Fsp3) is 0.933. The lowest BCUT2D eigenvalue weighted by molar-refractivity contribution is 0.0526. The van der Waals surface area contributed by atoms with Crippen molar-refractivity contribution < 1.29 is 9.53 Å². The van der Waals surface area contributed by atoms with Crippen molar-refractivity contribution in [3.8, 4) is 0 Å². The Balaban J connectivity index is 2.39. The van der Waals surface area contributed by atoms with E-state index in [1.54, 1.807) is 7.11 Å². The molecule has 1 aliphatic rings. The molecule has 0 aromatic heterocycles. The molecule has 1 rings (SSSR count). The highest BCUT2D eigenvalue weighted by atomic mass is 16.5. The van der Waals surface area contributed by atoms with Crippen LogP contribution in [-0.2, 0) is 4.74 Å². The van der Waals surface area contributed by atoms with E-state index in [4.69, 9.17) is 4.74 Å². The van der Waals surface area contributed by atoms with Crippen molar-refractivity contribution in [2.24, 2.45) is 0 Å². The van der Waals surface area contributed by atoms with E-state index in [0.29, 0.717) is 25.2 Å². The summed E-state index contributed by atoms with van der Waals surface area (Å²) < 4.78 is 4.96. The predicted octanol–water partition coefficient (Wildman–Crippen LogP) is 0.689. The number of carbonyl (C=O) groups is 1. The van der Waals surface area contributed by atoms with Crippen LogP contribution in [0.1, 0.15) is 20.3 Å². The maximum absolute atomic E-state index is 12.1. The van der Waals surface area contributed by atoms with Crippen LogP contribution in [0.15, 0.2) is 0 Å². The minimum Gasteiger partial charge on any atom is -0.383 e. The van der Waals surface area contributed by atoms with Gasteiger partial charge in [0.15, 0.2) is 0 Å². The van der Waals surface area contributed by atoms with Gasteiger partial charge < -0.3 is 19.9 Å². The second-order valence-electron chi connectivity index (χ2n) is 6.22. The molecule has 0 aromatic rings. The van der Waals surface area contributed by atoms with Gasteiger partial charge in [-0.25, -0.2) is 4.79 Å². The SMILES string of the molecule is COCCNC(=O)N1CC(C)N(CCCN(C)C)C(C)C1. The summed E-state index contributed by atoms with van der Waals surface area (Å²) in [6, 6.07) is 0.840. The van der Waals surface area contributed by atoms with Crippen LogP contribution in [0.3, 0.4) is 0 Å². The van der Waals surface area contributed by atoms with E-state index in [9.17, 15) is 4.79 Å². The van der Waals surface area contributed by atoms with Gasteiger partial charge >= 0.3 is 6.03 Å². The smallest absolute Gasteiger partial charge is 0.317 e. The summed E-state index contributed by atoms with van der Waals surface area (Å²) >= 11 is 0. The molecule has 6 heteroatoms. The monoisotopic (exact) mass is 300 g/mol. The van der Waals surface area contributed by atoms with Crippen molar-refractivity contribution in [2.75, 3.05) is 60.5 Å². The topological polar surface area (TPSA) is 48.1 Å². The van der Waals surface area contributed by atoms with E-state index in [-0.39, 0.29) is 6.03 Å². The molecule has 0 bridgehead atoms. The molecule has 1 saturated heterocycles. The number of carbonyl (C=O) groups excluding carboxylic acids is 1. The first kappa shape index (κ1) is 18.2. The number of urea groups is 1. The van der Waals surface area contributed by atoms with Gasteiger partial charge in [0, 0.05) is 45.4 Å². The number of hydrogen-bond donors (Lipinski definition) is 1. The van der Waals surface area contributed by atoms with E-state index in [1.807, 2.05) is 4.90 Å². The number of nitrogens with zero attached hydrogens (tertiary/aromatic N) is 3. The normalized spacial score (nSPS) is 23.6. The van der Waals surface area contributed by atoms with Crippen molar-refractivity contribution in [3.05, 3.63) is 0 Å². The third-order valence-electron chi connectivity index (χ3n) is 3.99. The summed E-state index contributed by atoms with van der Waals surface area (Å²) in [7, 11) is 5.85. The molecule has 1 heterocycles. The van der Waals surface area contributed by atoms with Crippen molar-refractivity contribution >= 4 is 6.03 Å². The standard InChI is InChI=1S/C15H32N4O2/c1-13-11-18(15(20)16-7-10-21-5)12-14(2)19(13)9-6-8-17(3)4/h13-14H,6-12H2,1-5H3,(H,16,20). The van der Waals surface area contributed by atoms with Crippen LogP contribution >= 0.6 is 0 Å². The zero-order valence-corrected chi connectivity index (χ0v) is 14.3. The molecule has 2 amide bonds. The first-order valence-corrected chi connectivity index (χ1v) is 7.88. The number of ether oxygens (including phenoxy) is 1. The number of amides is 2. The Morgan fingerprint density at radius 1 is 1.29 bits per heavy atom. The zero-order valence-electron chi connectivity index (χ0n) is 14.3. The number of rotatable bonds is 7. The average Bonchev–Trinajstić information content (AvgIpc) is 2.41. The first-order valence-electron chi connectivity index (χ1n) is 7.88. The summed E-state index contributed by atoms with van der Waals surface area (Å²) in [5.41, 5.74) is 0. The number of hydrogen-bond acceptors (Lipinski definition) is 4. The zero-order chi connectivity index (χ0) is 15.8. The molecule has 124 valence electrons. The molecular weight excluding hydrogens is 268 g/mol. The fourth-order valence-electron chi connectivity index (χ4n) is 2.90. The van der Waals surface area contributed by atoms with Crippen molar-refractivity contribution in [3.63, 3.8) is 0 Å². The second kappa shape index (κ2) is 9.23. The Hall–Kier alpha value is -0.850. The largest absolute Gasteiger partial charge is 0.383 e. The van der Waals surface area contributed by atoms with Gasteiger partial charge in [0.25, 0.3) is 0 Å². The van der Waals surface area contributed by atoms with E-state index >= 15 is 0 Å². The van der Waals surface area contributed by atoms with E-state index < -0.39 is 0 Å². The molecule has 0 aliphatic carbocycles. The number of piperazine rings is 1. The summed E-state index contributed by atoms with van der Waals surface area (Å²) in [4.78, 5) is 18.8. The molecule has 1 N–H and O–H groups in total. The molecule has 2 unspecified atom stereocenters. The first-order chi connectivity index (χ1) is 9.95. The maximum Gasteiger partial charge on any atom is 0.317 e. The highest BCUT2D eigenvalue weighted by Gasteiger charge is 2.31. The quantitative estimate of drug-likeness (QED) is 0.703. The minimum atomic E-state index is 0.0266. The Morgan fingerprint density at radius 3 is 2.43 bits per heavy atom.